The van der Waals surface area contributed by atoms with Gasteiger partial charge in [0.1, 0.15) is 0 Å². The van der Waals surface area contributed by atoms with Gasteiger partial charge in [0.2, 0.25) is 0 Å². The summed E-state index contributed by atoms with van der Waals surface area (Å²) in [6.45, 7) is 0. The Morgan fingerprint density at radius 1 is 1.80 bits per heavy atom. The molecule has 1 amide bonds. The molecule has 4 heteroatoms. The summed E-state index contributed by atoms with van der Waals surface area (Å²) in [5.41, 5.74) is 0. The van der Waals surface area contributed by atoms with Crippen LogP contribution in [0, 0.1) is 0 Å². The van der Waals surface area contributed by atoms with Gasteiger partial charge in [0.15, 0.2) is 6.07 Å². The summed E-state index contributed by atoms with van der Waals surface area (Å²) in [7, 11) is 1.73. The topological polar surface area (TPSA) is 29.5 Å². The van der Waals surface area contributed by atoms with Crippen molar-refractivity contribution in [2.24, 2.45) is 0 Å². The van der Waals surface area contributed by atoms with Crippen LogP contribution in [0.15, 0.2) is 0 Å². The number of halogens is 1. The Labute approximate surface area is 64.9 Å². The third-order valence-corrected chi connectivity index (χ3v) is 1.67. The Hall–Kier alpha value is -0.440. The number of carbonyl (C=O) groups is 1. The van der Waals surface area contributed by atoms with Crippen molar-refractivity contribution in [1.82, 2.24) is 4.90 Å². The van der Waals surface area contributed by atoms with Crippen LogP contribution < -0.4 is 0 Å². The van der Waals surface area contributed by atoms with Gasteiger partial charge in [-0.2, -0.15) is 0 Å². The van der Waals surface area contributed by atoms with Crippen LogP contribution >= 0.6 is 11.6 Å². The third kappa shape index (κ3) is 1.77. The van der Waals surface area contributed by atoms with Crippen molar-refractivity contribution in [3.63, 3.8) is 0 Å². The van der Waals surface area contributed by atoms with E-state index >= 15 is 0 Å². The molecule has 10 heavy (non-hydrogen) atoms. The van der Waals surface area contributed by atoms with Gasteiger partial charge in [-0.3, -0.25) is 0 Å². The molecule has 0 spiro atoms. The molecular formula is C6H10ClNO2. The predicted octanol–water partition coefficient (Wildman–Crippen LogP) is 1.41. The lowest BCUT2D eigenvalue weighted by Crippen LogP contribution is -2.29. The summed E-state index contributed by atoms with van der Waals surface area (Å²) in [6, 6.07) is 0.339. The zero-order valence-corrected chi connectivity index (χ0v) is 6.60. The summed E-state index contributed by atoms with van der Waals surface area (Å²) in [5, 5.41) is 0. The van der Waals surface area contributed by atoms with Crippen molar-refractivity contribution < 1.29 is 9.53 Å². The van der Waals surface area contributed by atoms with E-state index in [1.807, 2.05) is 0 Å². The second kappa shape index (κ2) is 3.10. The monoisotopic (exact) mass is 163 g/mol. The van der Waals surface area contributed by atoms with E-state index < -0.39 is 0 Å². The van der Waals surface area contributed by atoms with Crippen LogP contribution in [0.3, 0.4) is 0 Å². The Morgan fingerprint density at radius 3 is 2.80 bits per heavy atom. The Balaban J connectivity index is 2.24. The normalized spacial score (nSPS) is 16.6. The van der Waals surface area contributed by atoms with Crippen molar-refractivity contribution in [2.75, 3.05) is 13.1 Å². The quantitative estimate of drug-likeness (QED) is 0.577. The first kappa shape index (κ1) is 7.66. The van der Waals surface area contributed by atoms with E-state index in [0.29, 0.717) is 6.04 Å². The fraction of sp³-hybridized carbons (Fsp3) is 0.833. The van der Waals surface area contributed by atoms with Crippen LogP contribution in [0.1, 0.15) is 12.8 Å². The zero-order chi connectivity index (χ0) is 7.56. The molecule has 58 valence electrons. The molecule has 1 rings (SSSR count). The van der Waals surface area contributed by atoms with Gasteiger partial charge in [-0.1, -0.05) is 11.6 Å². The minimum Gasteiger partial charge on any atom is -0.433 e. The molecule has 0 atom stereocenters. The van der Waals surface area contributed by atoms with Crippen molar-refractivity contribution in [1.29, 1.82) is 0 Å². The van der Waals surface area contributed by atoms with E-state index in [2.05, 4.69) is 4.74 Å². The van der Waals surface area contributed by atoms with Gasteiger partial charge >= 0.3 is 6.09 Å². The van der Waals surface area contributed by atoms with Gasteiger partial charge in [0, 0.05) is 13.1 Å². The summed E-state index contributed by atoms with van der Waals surface area (Å²) in [5.74, 6) is 0. The molecule has 0 aromatic rings. The van der Waals surface area contributed by atoms with Crippen molar-refractivity contribution in [3.05, 3.63) is 0 Å². The predicted molar refractivity (Wildman–Crippen MR) is 38.0 cm³/mol. The molecule has 1 saturated carbocycles. The molecule has 1 aliphatic rings. The highest BCUT2D eigenvalue weighted by molar-refractivity contribution is 6.17. The van der Waals surface area contributed by atoms with Crippen LogP contribution in [-0.4, -0.2) is 30.1 Å². The molecule has 0 N–H and O–H groups in total. The summed E-state index contributed by atoms with van der Waals surface area (Å²) < 4.78 is 4.56. The van der Waals surface area contributed by atoms with Crippen LogP contribution in [0.5, 0.6) is 0 Å². The third-order valence-electron chi connectivity index (χ3n) is 1.56. The highest BCUT2D eigenvalue weighted by Crippen LogP contribution is 2.25. The van der Waals surface area contributed by atoms with Crippen molar-refractivity contribution in [2.45, 2.75) is 18.9 Å². The van der Waals surface area contributed by atoms with E-state index in [9.17, 15) is 4.79 Å². The Bertz CT molecular complexity index is 136. The molecule has 0 aliphatic heterocycles. The highest BCUT2D eigenvalue weighted by atomic mass is 35.5. The van der Waals surface area contributed by atoms with E-state index in [1.165, 1.54) is 0 Å². The number of alkyl halides is 1. The number of ether oxygens (including phenoxy) is 1. The SMILES string of the molecule is CN(C(=O)OCCl)C1CC1. The largest absolute Gasteiger partial charge is 0.433 e. The minimum absolute atomic E-state index is 0.0596. The number of nitrogens with zero attached hydrogens (tertiary/aromatic N) is 1. The first-order chi connectivity index (χ1) is 4.75. The maximum Gasteiger partial charge on any atom is 0.410 e. The van der Waals surface area contributed by atoms with Gasteiger partial charge in [0.25, 0.3) is 0 Å². The molecule has 1 fully saturated rings. The van der Waals surface area contributed by atoms with Gasteiger partial charge in [-0.25, -0.2) is 4.79 Å². The van der Waals surface area contributed by atoms with E-state index in [1.54, 1.807) is 11.9 Å². The second-order valence-electron chi connectivity index (χ2n) is 2.36. The first-order valence-corrected chi connectivity index (χ1v) is 3.74. The lowest BCUT2D eigenvalue weighted by atomic mass is 10.6. The zero-order valence-electron chi connectivity index (χ0n) is 5.84. The summed E-state index contributed by atoms with van der Waals surface area (Å²) >= 11 is 5.20. The van der Waals surface area contributed by atoms with Crippen LogP contribution in [0.4, 0.5) is 4.79 Å². The molecule has 0 aromatic carbocycles. The van der Waals surface area contributed by atoms with Crippen LogP contribution in [0.2, 0.25) is 0 Å². The lowest BCUT2D eigenvalue weighted by Gasteiger charge is -2.13. The fourth-order valence-electron chi connectivity index (χ4n) is 0.759. The molecular weight excluding hydrogens is 154 g/mol. The molecule has 0 aromatic heterocycles. The molecule has 1 aliphatic carbocycles. The summed E-state index contributed by atoms with van der Waals surface area (Å²) in [6.07, 6.45) is 1.86. The van der Waals surface area contributed by atoms with Crippen molar-refractivity contribution in [3.8, 4) is 0 Å². The van der Waals surface area contributed by atoms with Crippen molar-refractivity contribution >= 4 is 17.7 Å². The molecule has 0 saturated heterocycles. The molecule has 3 nitrogen and oxygen atoms in total. The van der Waals surface area contributed by atoms with Gasteiger partial charge in [0.05, 0.1) is 0 Å². The number of rotatable bonds is 2. The van der Waals surface area contributed by atoms with Gasteiger partial charge in [-0.05, 0) is 12.8 Å². The fourth-order valence-corrected chi connectivity index (χ4v) is 0.853. The average Bonchev–Trinajstić information content (AvgIpc) is 2.68. The molecule has 0 heterocycles. The maximum absolute atomic E-state index is 10.8. The summed E-state index contributed by atoms with van der Waals surface area (Å²) in [4.78, 5) is 12.4. The number of carbonyl (C=O) groups excluding carboxylic acids is 1. The maximum atomic E-state index is 10.8. The number of hydrogen-bond acceptors (Lipinski definition) is 2. The lowest BCUT2D eigenvalue weighted by molar-refractivity contribution is 0.125. The van der Waals surface area contributed by atoms with E-state index in [4.69, 9.17) is 11.6 Å². The van der Waals surface area contributed by atoms with Gasteiger partial charge < -0.3 is 9.64 Å². The van der Waals surface area contributed by atoms with E-state index in [-0.39, 0.29) is 12.2 Å². The van der Waals surface area contributed by atoms with Crippen LogP contribution in [0.25, 0.3) is 0 Å². The highest BCUT2D eigenvalue weighted by Gasteiger charge is 2.30. The molecule has 0 unspecified atom stereocenters. The van der Waals surface area contributed by atoms with Gasteiger partial charge in [-0.15, -0.1) is 0 Å². The number of amides is 1. The van der Waals surface area contributed by atoms with E-state index in [0.717, 1.165) is 12.8 Å². The second-order valence-corrected chi connectivity index (χ2v) is 2.58. The average molecular weight is 164 g/mol. The Morgan fingerprint density at radius 2 is 2.40 bits per heavy atom. The minimum atomic E-state index is -0.322. The molecule has 0 radical (unpaired) electrons. The molecule has 0 bridgehead atoms. The number of hydrogen-bond donors (Lipinski definition) is 0. The van der Waals surface area contributed by atoms with Crippen LogP contribution in [-0.2, 0) is 4.74 Å². The smallest absolute Gasteiger partial charge is 0.410 e. The standard InChI is InChI=1S/C6H10ClNO2/c1-8(5-2-3-5)6(9)10-4-7/h5H,2-4H2,1H3. The first-order valence-electron chi connectivity index (χ1n) is 3.21. The Kier molecular flexibility index (Phi) is 2.38.